The van der Waals surface area contributed by atoms with E-state index in [0.29, 0.717) is 6.54 Å². The largest absolute Gasteiger partial charge is 0.346 e. The minimum atomic E-state index is -0.183. The van der Waals surface area contributed by atoms with Gasteiger partial charge in [-0.1, -0.05) is 17.8 Å². The summed E-state index contributed by atoms with van der Waals surface area (Å²) in [7, 11) is 0. The first kappa shape index (κ1) is 16.9. The molecule has 0 spiro atoms. The molecule has 2 aromatic rings. The molecule has 0 unspecified atom stereocenters. The van der Waals surface area contributed by atoms with Crippen LogP contribution in [0.15, 0.2) is 10.2 Å². The lowest BCUT2D eigenvalue weighted by molar-refractivity contribution is -0.122. The van der Waals surface area contributed by atoms with Crippen molar-refractivity contribution in [3.8, 4) is 0 Å². The lowest BCUT2D eigenvalue weighted by Gasteiger charge is -2.15. The molecule has 2 aromatic heterocycles. The average molecular weight is 349 g/mol. The molecular formula is C16H23N5O2S. The Morgan fingerprint density at radius 1 is 1.38 bits per heavy atom. The average Bonchev–Trinajstić information content (AvgIpc) is 3.00. The summed E-state index contributed by atoms with van der Waals surface area (Å²) in [6.45, 7) is 5.14. The van der Waals surface area contributed by atoms with Gasteiger partial charge in [0.2, 0.25) is 5.91 Å². The van der Waals surface area contributed by atoms with Gasteiger partial charge in [-0.05, 0) is 26.7 Å². The molecule has 1 atom stereocenters. The van der Waals surface area contributed by atoms with E-state index in [0.717, 1.165) is 43.1 Å². The molecule has 24 heavy (non-hydrogen) atoms. The van der Waals surface area contributed by atoms with Gasteiger partial charge in [0.15, 0.2) is 5.82 Å². The minimum absolute atomic E-state index is 0.0175. The van der Waals surface area contributed by atoms with Crippen LogP contribution in [-0.2, 0) is 24.3 Å². The van der Waals surface area contributed by atoms with Gasteiger partial charge in [0.1, 0.15) is 5.82 Å². The van der Waals surface area contributed by atoms with Crippen molar-refractivity contribution in [2.24, 2.45) is 0 Å². The molecule has 1 aliphatic rings. The summed E-state index contributed by atoms with van der Waals surface area (Å²) in [5, 5.41) is 13.3. The Morgan fingerprint density at radius 3 is 2.96 bits per heavy atom. The van der Waals surface area contributed by atoms with Crippen LogP contribution in [0.2, 0.25) is 0 Å². The van der Waals surface area contributed by atoms with Crippen LogP contribution < -0.4 is 10.2 Å². The van der Waals surface area contributed by atoms with Crippen LogP contribution in [0.25, 0.3) is 0 Å². The van der Waals surface area contributed by atoms with Crippen LogP contribution >= 0.6 is 11.3 Å². The summed E-state index contributed by atoms with van der Waals surface area (Å²) in [6, 6.07) is -0.183. The van der Waals surface area contributed by atoms with E-state index in [1.165, 1.54) is 17.8 Å². The number of carbonyl (C=O) groups excluding carboxylic acids is 1. The van der Waals surface area contributed by atoms with Crippen LogP contribution in [-0.4, -0.2) is 25.2 Å². The van der Waals surface area contributed by atoms with Gasteiger partial charge in [0.05, 0.1) is 6.04 Å². The molecule has 8 heteroatoms. The molecule has 0 aromatic carbocycles. The Hall–Kier alpha value is -1.96. The van der Waals surface area contributed by atoms with Gasteiger partial charge >= 0.3 is 4.87 Å². The van der Waals surface area contributed by atoms with Gasteiger partial charge in [-0.25, -0.2) is 0 Å². The maximum absolute atomic E-state index is 12.2. The Morgan fingerprint density at radius 2 is 2.21 bits per heavy atom. The predicted octanol–water partition coefficient (Wildman–Crippen LogP) is 1.80. The summed E-state index contributed by atoms with van der Waals surface area (Å²) < 4.78 is 3.78. The topological polar surface area (TPSA) is 81.8 Å². The molecule has 1 aliphatic heterocycles. The number of rotatable bonds is 5. The maximum atomic E-state index is 12.2. The number of aryl methyl sites for hydroxylation is 2. The van der Waals surface area contributed by atoms with Crippen molar-refractivity contribution in [3.05, 3.63) is 32.4 Å². The number of fused-ring (bicyclic) bond motifs is 1. The van der Waals surface area contributed by atoms with E-state index in [-0.39, 0.29) is 23.2 Å². The van der Waals surface area contributed by atoms with Gasteiger partial charge in [-0.15, -0.1) is 10.2 Å². The van der Waals surface area contributed by atoms with E-state index in [2.05, 4.69) is 20.1 Å². The minimum Gasteiger partial charge on any atom is -0.346 e. The molecule has 0 aliphatic carbocycles. The van der Waals surface area contributed by atoms with Gasteiger partial charge < -0.3 is 14.5 Å². The van der Waals surface area contributed by atoms with Crippen molar-refractivity contribution >= 4 is 17.2 Å². The number of hydrogen-bond donors (Lipinski definition) is 1. The number of nitrogens with one attached hydrogen (secondary N) is 1. The van der Waals surface area contributed by atoms with Crippen LogP contribution in [0.5, 0.6) is 0 Å². The van der Waals surface area contributed by atoms with E-state index >= 15 is 0 Å². The highest BCUT2D eigenvalue weighted by molar-refractivity contribution is 7.07. The van der Waals surface area contributed by atoms with Crippen molar-refractivity contribution < 1.29 is 4.79 Å². The monoisotopic (exact) mass is 349 g/mol. The van der Waals surface area contributed by atoms with Gasteiger partial charge in [-0.2, -0.15) is 0 Å². The number of amides is 1. The molecule has 0 saturated heterocycles. The highest BCUT2D eigenvalue weighted by atomic mass is 32.1. The lowest BCUT2D eigenvalue weighted by atomic mass is 10.2. The van der Waals surface area contributed by atoms with Crippen molar-refractivity contribution in [3.63, 3.8) is 0 Å². The lowest BCUT2D eigenvalue weighted by Crippen LogP contribution is -2.30. The van der Waals surface area contributed by atoms with Crippen molar-refractivity contribution in [2.45, 2.75) is 65.1 Å². The summed E-state index contributed by atoms with van der Waals surface area (Å²) in [5.74, 6) is 1.76. The second kappa shape index (κ2) is 7.29. The van der Waals surface area contributed by atoms with Gasteiger partial charge in [-0.3, -0.25) is 9.59 Å². The SMILES string of the molecule is Cc1csc(=O)n1CCC(=O)N[C@@H](C)c1nnc2n1CCCCC2. The van der Waals surface area contributed by atoms with E-state index in [9.17, 15) is 9.59 Å². The molecule has 3 rings (SSSR count). The zero-order valence-corrected chi connectivity index (χ0v) is 14.9. The maximum Gasteiger partial charge on any atom is 0.307 e. The second-order valence-corrected chi connectivity index (χ2v) is 7.09. The fourth-order valence-corrected chi connectivity index (χ4v) is 3.86. The molecule has 3 heterocycles. The van der Waals surface area contributed by atoms with E-state index in [4.69, 9.17) is 0 Å². The van der Waals surface area contributed by atoms with E-state index < -0.39 is 0 Å². The first-order valence-corrected chi connectivity index (χ1v) is 9.30. The second-order valence-electron chi connectivity index (χ2n) is 6.27. The Balaban J connectivity index is 1.60. The number of carbonyl (C=O) groups is 1. The smallest absolute Gasteiger partial charge is 0.307 e. The number of thiazole rings is 1. The predicted molar refractivity (Wildman–Crippen MR) is 92.1 cm³/mol. The standard InChI is InChI=1S/C16H23N5O2S/c1-11-10-24-16(23)20(11)9-7-14(22)17-12(2)15-19-18-13-6-4-3-5-8-21(13)15/h10,12H,3-9H2,1-2H3,(H,17,22)/t12-/m0/s1. The summed E-state index contributed by atoms with van der Waals surface area (Å²) in [5.41, 5.74) is 0.897. The van der Waals surface area contributed by atoms with Crippen molar-refractivity contribution in [1.82, 2.24) is 24.6 Å². The van der Waals surface area contributed by atoms with E-state index in [1.807, 2.05) is 19.2 Å². The molecule has 7 nitrogen and oxygen atoms in total. The number of hydrogen-bond acceptors (Lipinski definition) is 5. The first-order valence-electron chi connectivity index (χ1n) is 8.42. The molecule has 1 amide bonds. The molecular weight excluding hydrogens is 326 g/mol. The van der Waals surface area contributed by atoms with Crippen LogP contribution in [0.1, 0.15) is 56.0 Å². The molecule has 130 valence electrons. The fourth-order valence-electron chi connectivity index (χ4n) is 3.09. The van der Waals surface area contributed by atoms with Crippen molar-refractivity contribution in [1.29, 1.82) is 0 Å². The molecule has 0 saturated carbocycles. The van der Waals surface area contributed by atoms with Gasteiger partial charge in [0.25, 0.3) is 0 Å². The molecule has 0 radical (unpaired) electrons. The summed E-state index contributed by atoms with van der Waals surface area (Å²) in [4.78, 5) is 23.9. The number of nitrogens with zero attached hydrogens (tertiary/aromatic N) is 4. The van der Waals surface area contributed by atoms with E-state index in [1.54, 1.807) is 4.57 Å². The van der Waals surface area contributed by atoms with Crippen LogP contribution in [0.4, 0.5) is 0 Å². The zero-order chi connectivity index (χ0) is 17.1. The molecule has 0 fully saturated rings. The first-order chi connectivity index (χ1) is 11.6. The Bertz CT molecular complexity index is 776. The van der Waals surface area contributed by atoms with Gasteiger partial charge in [0, 0.05) is 37.0 Å². The third-order valence-corrected chi connectivity index (χ3v) is 5.32. The highest BCUT2D eigenvalue weighted by Crippen LogP contribution is 2.18. The molecule has 0 bridgehead atoms. The third-order valence-electron chi connectivity index (χ3n) is 4.44. The number of aromatic nitrogens is 4. The van der Waals surface area contributed by atoms with Crippen molar-refractivity contribution in [2.75, 3.05) is 0 Å². The fraction of sp³-hybridized carbons (Fsp3) is 0.625. The quantitative estimate of drug-likeness (QED) is 0.892. The Kier molecular flexibility index (Phi) is 5.13. The molecule has 1 N–H and O–H groups in total. The third kappa shape index (κ3) is 3.58. The van der Waals surface area contributed by atoms with Crippen LogP contribution in [0.3, 0.4) is 0 Å². The summed E-state index contributed by atoms with van der Waals surface area (Å²) >= 11 is 1.17. The summed E-state index contributed by atoms with van der Waals surface area (Å²) in [6.07, 6.45) is 4.71. The Labute approximate surface area is 144 Å². The normalized spacial score (nSPS) is 15.6. The highest BCUT2D eigenvalue weighted by Gasteiger charge is 2.20. The van der Waals surface area contributed by atoms with Crippen LogP contribution in [0, 0.1) is 6.92 Å². The zero-order valence-electron chi connectivity index (χ0n) is 14.1.